The van der Waals surface area contributed by atoms with Crippen LogP contribution < -0.4 is 5.32 Å². The molecule has 0 radical (unpaired) electrons. The smallest absolute Gasteiger partial charge is 0.339 e. The van der Waals surface area contributed by atoms with Crippen molar-refractivity contribution in [3.05, 3.63) is 23.2 Å². The first-order valence-corrected chi connectivity index (χ1v) is 4.63. The highest BCUT2D eigenvalue weighted by molar-refractivity contribution is 5.88. The molecule has 6 nitrogen and oxygen atoms in total. The van der Waals surface area contributed by atoms with Gasteiger partial charge in [-0.2, -0.15) is 0 Å². The molecule has 0 aliphatic carbocycles. The summed E-state index contributed by atoms with van der Waals surface area (Å²) < 4.78 is 9.79. The molecule has 0 spiro atoms. The van der Waals surface area contributed by atoms with E-state index in [1.165, 1.54) is 13.2 Å². The van der Waals surface area contributed by atoms with E-state index in [0.717, 1.165) is 0 Å². The molecule has 0 saturated carbocycles. The Balaban J connectivity index is 2.58. The van der Waals surface area contributed by atoms with Crippen LogP contribution in [0.1, 0.15) is 21.9 Å². The molecule has 0 saturated heterocycles. The molecule has 0 aliphatic rings. The molecule has 0 atom stereocenters. The molecule has 1 rings (SSSR count). The van der Waals surface area contributed by atoms with Gasteiger partial charge in [-0.1, -0.05) is 0 Å². The van der Waals surface area contributed by atoms with E-state index in [2.05, 4.69) is 10.1 Å². The lowest BCUT2D eigenvalue weighted by Gasteiger charge is -2.00. The summed E-state index contributed by atoms with van der Waals surface area (Å²) in [4.78, 5) is 21.8. The van der Waals surface area contributed by atoms with E-state index in [9.17, 15) is 9.59 Å². The minimum atomic E-state index is -1.05. The first-order valence-electron chi connectivity index (χ1n) is 4.63. The summed E-state index contributed by atoms with van der Waals surface area (Å²) in [6, 6.07) is 1.39. The van der Waals surface area contributed by atoms with Gasteiger partial charge in [0.15, 0.2) is 0 Å². The van der Waals surface area contributed by atoms with Crippen LogP contribution in [0.5, 0.6) is 0 Å². The molecule has 1 heterocycles. The van der Waals surface area contributed by atoms with E-state index >= 15 is 0 Å². The van der Waals surface area contributed by atoms with Gasteiger partial charge in [0.25, 0.3) is 0 Å². The third-order valence-corrected chi connectivity index (χ3v) is 1.93. The largest absolute Gasteiger partial charge is 0.478 e. The van der Waals surface area contributed by atoms with E-state index in [0.29, 0.717) is 11.5 Å². The lowest BCUT2D eigenvalue weighted by atomic mass is 10.2. The predicted molar refractivity (Wildman–Crippen MR) is 54.1 cm³/mol. The van der Waals surface area contributed by atoms with Crippen molar-refractivity contribution in [1.82, 2.24) is 5.32 Å². The number of rotatable bonds is 5. The van der Waals surface area contributed by atoms with Crippen LogP contribution in [0, 0.1) is 6.92 Å². The number of ether oxygens (including phenoxy) is 1. The first kappa shape index (κ1) is 12.3. The molecule has 6 heteroatoms. The zero-order valence-electron chi connectivity index (χ0n) is 9.07. The lowest BCUT2D eigenvalue weighted by molar-refractivity contribution is -0.124. The summed E-state index contributed by atoms with van der Waals surface area (Å²) in [7, 11) is 1.42. The molecule has 2 N–H and O–H groups in total. The van der Waals surface area contributed by atoms with Crippen molar-refractivity contribution in [2.45, 2.75) is 13.5 Å². The number of hydrogen-bond donors (Lipinski definition) is 2. The van der Waals surface area contributed by atoms with E-state index in [1.807, 2.05) is 0 Å². The summed E-state index contributed by atoms with van der Waals surface area (Å²) in [5.41, 5.74) is 0.107. The normalized spacial score (nSPS) is 10.1. The number of carbonyl (C=O) groups is 2. The second-order valence-corrected chi connectivity index (χ2v) is 3.20. The number of methoxy groups -OCH3 is 1. The fourth-order valence-corrected chi connectivity index (χ4v) is 1.21. The molecule has 88 valence electrons. The average Bonchev–Trinajstić information content (AvgIpc) is 2.57. The Morgan fingerprint density at radius 3 is 2.75 bits per heavy atom. The summed E-state index contributed by atoms with van der Waals surface area (Å²) in [6.07, 6.45) is 0. The number of aryl methyl sites for hydroxylation is 1. The van der Waals surface area contributed by atoms with Gasteiger partial charge >= 0.3 is 5.97 Å². The van der Waals surface area contributed by atoms with Crippen LogP contribution in [0.4, 0.5) is 0 Å². The Kier molecular flexibility index (Phi) is 4.07. The molecule has 0 unspecified atom stereocenters. The second kappa shape index (κ2) is 5.32. The zero-order valence-corrected chi connectivity index (χ0v) is 9.07. The van der Waals surface area contributed by atoms with Gasteiger partial charge in [-0.15, -0.1) is 0 Å². The minimum absolute atomic E-state index is 0.0362. The fraction of sp³-hybridized carbons (Fsp3) is 0.400. The van der Waals surface area contributed by atoms with Gasteiger partial charge in [0.05, 0.1) is 6.54 Å². The molecule has 0 aromatic carbocycles. The summed E-state index contributed by atoms with van der Waals surface area (Å²) in [5, 5.41) is 11.3. The number of furan rings is 1. The maximum Gasteiger partial charge on any atom is 0.339 e. The predicted octanol–water partition coefficient (Wildman–Crippen LogP) is 0.549. The number of hydrogen-bond acceptors (Lipinski definition) is 4. The summed E-state index contributed by atoms with van der Waals surface area (Å²) >= 11 is 0. The summed E-state index contributed by atoms with van der Waals surface area (Å²) in [6.45, 7) is 1.67. The topological polar surface area (TPSA) is 88.8 Å². The number of carboxylic acids is 1. The van der Waals surface area contributed by atoms with E-state index in [-0.39, 0.29) is 24.6 Å². The Morgan fingerprint density at radius 1 is 1.56 bits per heavy atom. The van der Waals surface area contributed by atoms with Crippen molar-refractivity contribution in [2.75, 3.05) is 13.7 Å². The number of aromatic carboxylic acids is 1. The van der Waals surface area contributed by atoms with Crippen LogP contribution in [-0.4, -0.2) is 30.7 Å². The maximum absolute atomic E-state index is 11.0. The van der Waals surface area contributed by atoms with Crippen molar-refractivity contribution in [1.29, 1.82) is 0 Å². The molecule has 0 fully saturated rings. The maximum atomic E-state index is 11.0. The van der Waals surface area contributed by atoms with Gasteiger partial charge < -0.3 is 19.6 Å². The zero-order chi connectivity index (χ0) is 12.1. The molecule has 1 aromatic rings. The van der Waals surface area contributed by atoms with Gasteiger partial charge in [0.1, 0.15) is 23.7 Å². The molecule has 16 heavy (non-hydrogen) atoms. The van der Waals surface area contributed by atoms with Crippen molar-refractivity contribution in [2.24, 2.45) is 0 Å². The van der Waals surface area contributed by atoms with Gasteiger partial charge in [-0.25, -0.2) is 4.79 Å². The van der Waals surface area contributed by atoms with Crippen LogP contribution in [-0.2, 0) is 16.1 Å². The monoisotopic (exact) mass is 227 g/mol. The van der Waals surface area contributed by atoms with Crippen LogP contribution in [0.25, 0.3) is 0 Å². The van der Waals surface area contributed by atoms with E-state index < -0.39 is 5.97 Å². The Morgan fingerprint density at radius 2 is 2.25 bits per heavy atom. The molecule has 0 aliphatic heterocycles. The van der Waals surface area contributed by atoms with Gasteiger partial charge in [-0.3, -0.25) is 4.79 Å². The summed E-state index contributed by atoms with van der Waals surface area (Å²) in [5.74, 6) is -0.605. The molecule has 1 amide bonds. The Hall–Kier alpha value is -1.82. The quantitative estimate of drug-likeness (QED) is 0.766. The average molecular weight is 227 g/mol. The first-order chi connectivity index (χ1) is 7.54. The van der Waals surface area contributed by atoms with Crippen LogP contribution in [0.15, 0.2) is 10.5 Å². The third-order valence-electron chi connectivity index (χ3n) is 1.93. The lowest BCUT2D eigenvalue weighted by Crippen LogP contribution is -2.26. The fourth-order valence-electron chi connectivity index (χ4n) is 1.21. The van der Waals surface area contributed by atoms with Crippen molar-refractivity contribution < 1.29 is 23.8 Å². The van der Waals surface area contributed by atoms with Gasteiger partial charge in [-0.05, 0) is 13.0 Å². The number of carboxylic acid groups (broad SMARTS) is 1. The Labute approximate surface area is 92.2 Å². The minimum Gasteiger partial charge on any atom is -0.478 e. The standard InChI is InChI=1S/C10H13NO5/c1-6-8(10(13)14)3-7(16-6)4-11-9(12)5-15-2/h3H,4-5H2,1-2H3,(H,11,12)(H,13,14). The number of nitrogens with one attached hydrogen (secondary N) is 1. The Bertz CT molecular complexity index is 396. The third kappa shape index (κ3) is 3.09. The molecule has 1 aromatic heterocycles. The number of carbonyl (C=O) groups excluding carboxylic acids is 1. The number of amides is 1. The van der Waals surface area contributed by atoms with Gasteiger partial charge in [0, 0.05) is 7.11 Å². The highest BCUT2D eigenvalue weighted by Gasteiger charge is 2.13. The van der Waals surface area contributed by atoms with E-state index in [1.54, 1.807) is 6.92 Å². The van der Waals surface area contributed by atoms with Gasteiger partial charge in [0.2, 0.25) is 5.91 Å². The highest BCUT2D eigenvalue weighted by atomic mass is 16.5. The van der Waals surface area contributed by atoms with Crippen molar-refractivity contribution in [3.63, 3.8) is 0 Å². The van der Waals surface area contributed by atoms with Crippen LogP contribution in [0.2, 0.25) is 0 Å². The van der Waals surface area contributed by atoms with Crippen LogP contribution >= 0.6 is 0 Å². The van der Waals surface area contributed by atoms with E-state index in [4.69, 9.17) is 9.52 Å². The van der Waals surface area contributed by atoms with Crippen LogP contribution in [0.3, 0.4) is 0 Å². The molecular formula is C10H13NO5. The van der Waals surface area contributed by atoms with Crippen molar-refractivity contribution >= 4 is 11.9 Å². The van der Waals surface area contributed by atoms with Crippen molar-refractivity contribution in [3.8, 4) is 0 Å². The molecular weight excluding hydrogens is 214 g/mol. The SMILES string of the molecule is COCC(=O)NCc1cc(C(=O)O)c(C)o1. The second-order valence-electron chi connectivity index (χ2n) is 3.20. The molecule has 0 bridgehead atoms. The highest BCUT2D eigenvalue weighted by Crippen LogP contribution is 2.14.